The van der Waals surface area contributed by atoms with Crippen LogP contribution in [0.3, 0.4) is 0 Å². The first kappa shape index (κ1) is 12.2. The van der Waals surface area contributed by atoms with Gasteiger partial charge in [-0.05, 0) is 44.5 Å². The summed E-state index contributed by atoms with van der Waals surface area (Å²) in [7, 11) is 1.49. The molecule has 2 unspecified atom stereocenters. The number of hydrogen-bond acceptors (Lipinski definition) is 4. The van der Waals surface area contributed by atoms with Gasteiger partial charge in [0, 0.05) is 11.8 Å². The summed E-state index contributed by atoms with van der Waals surface area (Å²) in [4.78, 5) is 13.8. The monoisotopic (exact) mass is 243 g/mol. The number of carbonyl (C=O) groups excluding carboxylic acids is 1. The zero-order valence-corrected chi connectivity index (χ0v) is 11.0. The first-order valence-corrected chi connectivity index (χ1v) is 7.36. The van der Waals surface area contributed by atoms with Gasteiger partial charge in [-0.1, -0.05) is 0 Å². The van der Waals surface area contributed by atoms with Crippen molar-refractivity contribution in [2.45, 2.75) is 24.5 Å². The Hall–Kier alpha value is -0.220. The third-order valence-corrected chi connectivity index (χ3v) is 4.93. The molecule has 0 radical (unpaired) electrons. The molecule has 1 heterocycles. The molecule has 0 N–H and O–H groups in total. The van der Waals surface area contributed by atoms with E-state index in [1.54, 1.807) is 0 Å². The zero-order valence-electron chi connectivity index (χ0n) is 10.1. The molecule has 0 amide bonds. The number of hydrogen-bond donors (Lipinski definition) is 0. The molecule has 0 spiro atoms. The first-order valence-electron chi connectivity index (χ1n) is 6.07. The van der Waals surface area contributed by atoms with E-state index in [1.165, 1.54) is 33.0 Å². The predicted octanol–water partition coefficient (Wildman–Crippen LogP) is 1.62. The number of ether oxygens (including phenoxy) is 1. The van der Waals surface area contributed by atoms with E-state index in [9.17, 15) is 4.79 Å². The molecule has 2 rings (SSSR count). The summed E-state index contributed by atoms with van der Waals surface area (Å²) in [5.74, 6) is 0.755. The average molecular weight is 243 g/mol. The highest BCUT2D eigenvalue weighted by atomic mass is 32.2. The second kappa shape index (κ2) is 5.41. The number of rotatable bonds is 4. The molecule has 2 aliphatic rings. The fraction of sp³-hybridized carbons (Fsp3) is 0.917. The standard InChI is InChI=1S/C12H21NO2S/c1-15-12(14)11-7-9(11)8-13-5-3-10(16-2)4-6-13/h9-11H,3-8H2,1-2H3. The Morgan fingerprint density at radius 2 is 2.12 bits per heavy atom. The number of nitrogens with zero attached hydrogens (tertiary/aromatic N) is 1. The fourth-order valence-corrected chi connectivity index (χ4v) is 3.23. The second-order valence-corrected chi connectivity index (χ2v) is 6.00. The molecular weight excluding hydrogens is 222 g/mol. The number of esters is 1. The van der Waals surface area contributed by atoms with Crippen molar-refractivity contribution in [3.8, 4) is 0 Å². The SMILES string of the molecule is COC(=O)C1CC1CN1CCC(SC)CC1. The van der Waals surface area contributed by atoms with Gasteiger partial charge in [0.2, 0.25) is 0 Å². The van der Waals surface area contributed by atoms with Crippen LogP contribution in [0.2, 0.25) is 0 Å². The van der Waals surface area contributed by atoms with E-state index >= 15 is 0 Å². The van der Waals surface area contributed by atoms with Gasteiger partial charge in [-0.15, -0.1) is 0 Å². The lowest BCUT2D eigenvalue weighted by Gasteiger charge is -2.31. The average Bonchev–Trinajstić information content (AvgIpc) is 3.08. The van der Waals surface area contributed by atoms with Crippen molar-refractivity contribution >= 4 is 17.7 Å². The molecule has 0 aromatic heterocycles. The van der Waals surface area contributed by atoms with Crippen molar-refractivity contribution in [1.82, 2.24) is 4.90 Å². The minimum absolute atomic E-state index is 0.0102. The number of methoxy groups -OCH3 is 1. The summed E-state index contributed by atoms with van der Waals surface area (Å²) in [6, 6.07) is 0. The molecule has 0 bridgehead atoms. The summed E-state index contributed by atoms with van der Waals surface area (Å²) in [6.45, 7) is 3.51. The largest absolute Gasteiger partial charge is 0.469 e. The van der Waals surface area contributed by atoms with Gasteiger partial charge in [0.1, 0.15) is 0 Å². The summed E-state index contributed by atoms with van der Waals surface area (Å²) in [6.07, 6.45) is 5.84. The van der Waals surface area contributed by atoms with E-state index < -0.39 is 0 Å². The number of carbonyl (C=O) groups is 1. The van der Waals surface area contributed by atoms with E-state index in [1.807, 2.05) is 11.8 Å². The van der Waals surface area contributed by atoms with E-state index in [4.69, 9.17) is 4.74 Å². The van der Waals surface area contributed by atoms with Gasteiger partial charge in [-0.2, -0.15) is 11.8 Å². The smallest absolute Gasteiger partial charge is 0.308 e. The maximum Gasteiger partial charge on any atom is 0.308 e. The quantitative estimate of drug-likeness (QED) is 0.702. The van der Waals surface area contributed by atoms with E-state index in [0.717, 1.165) is 18.2 Å². The second-order valence-electron chi connectivity index (χ2n) is 4.86. The first-order chi connectivity index (χ1) is 7.74. The zero-order chi connectivity index (χ0) is 11.5. The lowest BCUT2D eigenvalue weighted by atomic mass is 10.1. The Balaban J connectivity index is 1.67. The van der Waals surface area contributed by atoms with Gasteiger partial charge < -0.3 is 9.64 Å². The van der Waals surface area contributed by atoms with E-state index in [0.29, 0.717) is 5.92 Å². The van der Waals surface area contributed by atoms with Gasteiger partial charge in [-0.25, -0.2) is 0 Å². The molecule has 1 aliphatic carbocycles. The van der Waals surface area contributed by atoms with E-state index in [-0.39, 0.29) is 11.9 Å². The molecule has 4 heteroatoms. The molecule has 0 aromatic carbocycles. The highest BCUT2D eigenvalue weighted by Gasteiger charge is 2.44. The van der Waals surface area contributed by atoms with Gasteiger partial charge >= 0.3 is 5.97 Å². The Kier molecular flexibility index (Phi) is 4.14. The molecule has 1 saturated carbocycles. The predicted molar refractivity (Wildman–Crippen MR) is 66.6 cm³/mol. The molecule has 2 atom stereocenters. The van der Waals surface area contributed by atoms with Crippen molar-refractivity contribution in [3.05, 3.63) is 0 Å². The third-order valence-electron chi connectivity index (χ3n) is 3.79. The highest BCUT2D eigenvalue weighted by molar-refractivity contribution is 7.99. The highest BCUT2D eigenvalue weighted by Crippen LogP contribution is 2.40. The van der Waals surface area contributed by atoms with Crippen LogP contribution in [-0.2, 0) is 9.53 Å². The van der Waals surface area contributed by atoms with Crippen LogP contribution in [0.5, 0.6) is 0 Å². The Morgan fingerprint density at radius 3 is 2.69 bits per heavy atom. The van der Waals surface area contributed by atoms with E-state index in [2.05, 4.69) is 11.2 Å². The van der Waals surface area contributed by atoms with Gasteiger partial charge in [0.25, 0.3) is 0 Å². The summed E-state index contributed by atoms with van der Waals surface area (Å²) in [5.41, 5.74) is 0. The molecule has 3 nitrogen and oxygen atoms in total. The molecule has 2 fully saturated rings. The Bertz CT molecular complexity index is 251. The van der Waals surface area contributed by atoms with Crippen LogP contribution in [0.1, 0.15) is 19.3 Å². The van der Waals surface area contributed by atoms with Gasteiger partial charge in [0.05, 0.1) is 13.0 Å². The van der Waals surface area contributed by atoms with Crippen LogP contribution in [0.4, 0.5) is 0 Å². The maximum atomic E-state index is 11.3. The number of thioether (sulfide) groups is 1. The maximum absolute atomic E-state index is 11.3. The van der Waals surface area contributed by atoms with Crippen molar-refractivity contribution in [3.63, 3.8) is 0 Å². The van der Waals surface area contributed by atoms with Crippen LogP contribution in [-0.4, -0.2) is 49.1 Å². The van der Waals surface area contributed by atoms with Crippen LogP contribution >= 0.6 is 11.8 Å². The molecule has 1 aliphatic heterocycles. The normalized spacial score (nSPS) is 31.4. The van der Waals surface area contributed by atoms with Crippen molar-refractivity contribution < 1.29 is 9.53 Å². The fourth-order valence-electron chi connectivity index (χ4n) is 2.55. The van der Waals surface area contributed by atoms with Crippen molar-refractivity contribution in [2.24, 2.45) is 11.8 Å². The molecule has 92 valence electrons. The topological polar surface area (TPSA) is 29.5 Å². The summed E-state index contributed by atoms with van der Waals surface area (Å²) < 4.78 is 4.77. The molecule has 0 aromatic rings. The van der Waals surface area contributed by atoms with Gasteiger partial charge in [0.15, 0.2) is 0 Å². The van der Waals surface area contributed by atoms with Gasteiger partial charge in [-0.3, -0.25) is 4.79 Å². The lowest BCUT2D eigenvalue weighted by molar-refractivity contribution is -0.142. The Labute approximate surface area is 102 Å². The van der Waals surface area contributed by atoms with Crippen molar-refractivity contribution in [1.29, 1.82) is 0 Å². The molecule has 1 saturated heterocycles. The van der Waals surface area contributed by atoms with Crippen LogP contribution < -0.4 is 0 Å². The van der Waals surface area contributed by atoms with Crippen molar-refractivity contribution in [2.75, 3.05) is 33.0 Å². The lowest BCUT2D eigenvalue weighted by Crippen LogP contribution is -2.36. The summed E-state index contributed by atoms with van der Waals surface area (Å²) >= 11 is 1.99. The third kappa shape index (κ3) is 2.92. The summed E-state index contributed by atoms with van der Waals surface area (Å²) in [5, 5.41) is 0.854. The Morgan fingerprint density at radius 1 is 1.44 bits per heavy atom. The minimum atomic E-state index is -0.0102. The molecular formula is C12H21NO2S. The number of likely N-dealkylation sites (tertiary alicyclic amines) is 1. The minimum Gasteiger partial charge on any atom is -0.469 e. The van der Waals surface area contributed by atoms with Crippen LogP contribution in [0.15, 0.2) is 0 Å². The molecule has 16 heavy (non-hydrogen) atoms. The van der Waals surface area contributed by atoms with Crippen LogP contribution in [0, 0.1) is 11.8 Å². The number of piperidine rings is 1. The van der Waals surface area contributed by atoms with Crippen LogP contribution in [0.25, 0.3) is 0 Å².